The molecule has 4 nitrogen and oxygen atoms in total. The van der Waals surface area contributed by atoms with Gasteiger partial charge in [0.1, 0.15) is 0 Å². The smallest absolute Gasteiger partial charge is 0.234 e. The number of thioether (sulfide) groups is 1. The van der Waals surface area contributed by atoms with Gasteiger partial charge in [-0.05, 0) is 24.6 Å². The van der Waals surface area contributed by atoms with Crippen LogP contribution in [0.15, 0.2) is 34.7 Å². The van der Waals surface area contributed by atoms with Gasteiger partial charge in [-0.15, -0.1) is 11.8 Å². The van der Waals surface area contributed by atoms with E-state index in [-0.39, 0.29) is 5.91 Å². The van der Waals surface area contributed by atoms with E-state index in [4.69, 9.17) is 5.73 Å². The van der Waals surface area contributed by atoms with Gasteiger partial charge in [0.2, 0.25) is 5.91 Å². The number of thiazole rings is 1. The fourth-order valence-corrected chi connectivity index (χ4v) is 2.95. The monoisotopic (exact) mass is 279 g/mol. The number of rotatable bonds is 4. The largest absolute Gasteiger partial charge is 0.375 e. The summed E-state index contributed by atoms with van der Waals surface area (Å²) < 4.78 is 0.951. The number of aryl methyl sites for hydroxylation is 1. The van der Waals surface area contributed by atoms with Crippen LogP contribution in [0.3, 0.4) is 0 Å². The van der Waals surface area contributed by atoms with Gasteiger partial charge >= 0.3 is 0 Å². The molecule has 1 aromatic carbocycles. The van der Waals surface area contributed by atoms with Crippen LogP contribution < -0.4 is 11.1 Å². The Morgan fingerprint density at radius 1 is 1.56 bits per heavy atom. The number of nitrogens with one attached hydrogen (secondary N) is 1. The number of benzene rings is 1. The molecule has 1 aromatic heterocycles. The number of carbonyl (C=O) groups is 1. The third-order valence-corrected chi connectivity index (χ3v) is 4.17. The maximum absolute atomic E-state index is 11.7. The van der Waals surface area contributed by atoms with Crippen LogP contribution in [0.1, 0.15) is 5.56 Å². The van der Waals surface area contributed by atoms with Crippen molar-refractivity contribution in [2.45, 2.75) is 11.1 Å². The van der Waals surface area contributed by atoms with E-state index < -0.39 is 0 Å². The maximum Gasteiger partial charge on any atom is 0.234 e. The minimum Gasteiger partial charge on any atom is -0.375 e. The van der Waals surface area contributed by atoms with Crippen molar-refractivity contribution in [3.8, 4) is 0 Å². The quantitative estimate of drug-likeness (QED) is 0.844. The molecule has 0 fully saturated rings. The van der Waals surface area contributed by atoms with Gasteiger partial charge in [0.15, 0.2) is 5.13 Å². The number of amides is 1. The molecule has 94 valence electrons. The van der Waals surface area contributed by atoms with E-state index in [1.165, 1.54) is 23.1 Å². The first kappa shape index (κ1) is 12.9. The third-order valence-electron chi connectivity index (χ3n) is 2.15. The molecule has 3 N–H and O–H groups in total. The summed E-state index contributed by atoms with van der Waals surface area (Å²) in [4.78, 5) is 15.7. The molecule has 0 spiro atoms. The van der Waals surface area contributed by atoms with Crippen molar-refractivity contribution in [2.75, 3.05) is 16.8 Å². The molecule has 6 heteroatoms. The van der Waals surface area contributed by atoms with E-state index in [2.05, 4.69) is 10.3 Å². The highest BCUT2D eigenvalue weighted by Gasteiger charge is 2.05. The summed E-state index contributed by atoms with van der Waals surface area (Å²) in [6, 6.07) is 7.72. The van der Waals surface area contributed by atoms with Gasteiger partial charge in [-0.2, -0.15) is 0 Å². The Labute approximate surface area is 114 Å². The maximum atomic E-state index is 11.7. The van der Waals surface area contributed by atoms with Crippen LogP contribution in [0, 0.1) is 6.92 Å². The number of hydrogen-bond donors (Lipinski definition) is 2. The van der Waals surface area contributed by atoms with Crippen LogP contribution in [0.2, 0.25) is 0 Å². The highest BCUT2D eigenvalue weighted by Crippen LogP contribution is 2.26. The number of nitrogens with zero attached hydrogens (tertiary/aromatic N) is 1. The summed E-state index contributed by atoms with van der Waals surface area (Å²) in [6.45, 7) is 1.99. The zero-order chi connectivity index (χ0) is 13.0. The Bertz CT molecular complexity index is 554. The lowest BCUT2D eigenvalue weighted by Crippen LogP contribution is -2.13. The summed E-state index contributed by atoms with van der Waals surface area (Å²) in [5.74, 6) is 0.327. The second-order valence-electron chi connectivity index (χ2n) is 3.72. The first-order valence-corrected chi connectivity index (χ1v) is 7.14. The van der Waals surface area contributed by atoms with Gasteiger partial charge in [-0.1, -0.05) is 23.5 Å². The normalized spacial score (nSPS) is 10.3. The van der Waals surface area contributed by atoms with Crippen LogP contribution in [0.5, 0.6) is 0 Å². The van der Waals surface area contributed by atoms with Gasteiger partial charge in [0.05, 0.1) is 16.2 Å². The molecule has 0 aliphatic heterocycles. The number of nitrogen functional groups attached to an aromatic ring is 1. The Morgan fingerprint density at radius 3 is 3.06 bits per heavy atom. The molecule has 18 heavy (non-hydrogen) atoms. The van der Waals surface area contributed by atoms with Crippen molar-refractivity contribution in [1.29, 1.82) is 0 Å². The zero-order valence-corrected chi connectivity index (χ0v) is 11.5. The lowest BCUT2D eigenvalue weighted by Gasteiger charge is -2.04. The van der Waals surface area contributed by atoms with Crippen LogP contribution >= 0.6 is 23.1 Å². The second kappa shape index (κ2) is 5.88. The summed E-state index contributed by atoms with van der Waals surface area (Å²) in [6.07, 6.45) is 1.69. The summed E-state index contributed by atoms with van der Waals surface area (Å²) in [5, 5.41) is 3.38. The van der Waals surface area contributed by atoms with E-state index >= 15 is 0 Å². The summed E-state index contributed by atoms with van der Waals surface area (Å²) in [7, 11) is 0. The lowest BCUT2D eigenvalue weighted by molar-refractivity contribution is -0.113. The van der Waals surface area contributed by atoms with Crippen molar-refractivity contribution in [2.24, 2.45) is 0 Å². The van der Waals surface area contributed by atoms with E-state index in [0.29, 0.717) is 10.9 Å². The first-order chi connectivity index (χ1) is 8.63. The number of nitrogens with two attached hydrogens (primary N) is 1. The molecule has 0 atom stereocenters. The molecule has 0 unspecified atom stereocenters. The van der Waals surface area contributed by atoms with Gasteiger partial charge in [0, 0.05) is 5.69 Å². The molecule has 0 aliphatic carbocycles. The van der Waals surface area contributed by atoms with Gasteiger partial charge in [0.25, 0.3) is 0 Å². The topological polar surface area (TPSA) is 68.0 Å². The fourth-order valence-electron chi connectivity index (χ4n) is 1.40. The van der Waals surface area contributed by atoms with Crippen LogP contribution in [0.4, 0.5) is 10.8 Å². The van der Waals surface area contributed by atoms with Crippen molar-refractivity contribution in [3.63, 3.8) is 0 Å². The van der Waals surface area contributed by atoms with Gasteiger partial charge in [-0.3, -0.25) is 4.79 Å². The summed E-state index contributed by atoms with van der Waals surface area (Å²) >= 11 is 2.82. The molecular weight excluding hydrogens is 266 g/mol. The molecule has 1 heterocycles. The molecule has 2 rings (SSSR count). The molecule has 0 radical (unpaired) electrons. The minimum atomic E-state index is -0.0300. The molecule has 0 aliphatic rings. The first-order valence-electron chi connectivity index (χ1n) is 5.34. The van der Waals surface area contributed by atoms with E-state index in [9.17, 15) is 4.79 Å². The number of carbonyl (C=O) groups excluding carboxylic acids is 1. The predicted octanol–water partition coefficient (Wildman–Crippen LogP) is 2.76. The van der Waals surface area contributed by atoms with Crippen LogP contribution in [0.25, 0.3) is 0 Å². The molecule has 0 saturated heterocycles. The molecule has 0 saturated carbocycles. The van der Waals surface area contributed by atoms with Crippen molar-refractivity contribution < 1.29 is 4.79 Å². The summed E-state index contributed by atoms with van der Waals surface area (Å²) in [5.41, 5.74) is 7.46. The molecular formula is C12H13N3OS2. The standard InChI is InChI=1S/C12H13N3OS2/c1-8-3-2-4-9(5-8)15-10(16)7-17-11-6-14-12(13)18-11/h2-6H,7H2,1H3,(H2,13,14)(H,15,16). The average molecular weight is 279 g/mol. The second-order valence-corrected chi connectivity index (χ2v) is 6.06. The Balaban J connectivity index is 1.85. The highest BCUT2D eigenvalue weighted by molar-refractivity contribution is 8.01. The predicted molar refractivity (Wildman–Crippen MR) is 77.1 cm³/mol. The Kier molecular flexibility index (Phi) is 4.22. The number of aromatic nitrogens is 1. The third kappa shape index (κ3) is 3.75. The minimum absolute atomic E-state index is 0.0300. The van der Waals surface area contributed by atoms with E-state index in [1.54, 1.807) is 6.20 Å². The SMILES string of the molecule is Cc1cccc(NC(=O)CSc2cnc(N)s2)c1. The molecule has 1 amide bonds. The average Bonchev–Trinajstić information content (AvgIpc) is 2.73. The number of hydrogen-bond acceptors (Lipinski definition) is 5. The van der Waals surface area contributed by atoms with E-state index in [1.807, 2.05) is 31.2 Å². The molecule has 0 bridgehead atoms. The van der Waals surface area contributed by atoms with Crippen molar-refractivity contribution in [1.82, 2.24) is 4.98 Å². The number of anilines is 2. The Hall–Kier alpha value is -1.53. The Morgan fingerprint density at radius 2 is 2.39 bits per heavy atom. The van der Waals surface area contributed by atoms with Crippen molar-refractivity contribution in [3.05, 3.63) is 36.0 Å². The van der Waals surface area contributed by atoms with Crippen LogP contribution in [-0.2, 0) is 4.79 Å². The molecule has 2 aromatic rings. The highest BCUT2D eigenvalue weighted by atomic mass is 32.2. The van der Waals surface area contributed by atoms with Gasteiger partial charge < -0.3 is 11.1 Å². The fraction of sp³-hybridized carbons (Fsp3) is 0.167. The van der Waals surface area contributed by atoms with Crippen LogP contribution in [-0.4, -0.2) is 16.6 Å². The lowest BCUT2D eigenvalue weighted by atomic mass is 10.2. The van der Waals surface area contributed by atoms with Gasteiger partial charge in [-0.25, -0.2) is 4.98 Å². The van der Waals surface area contributed by atoms with E-state index in [0.717, 1.165) is 15.5 Å². The zero-order valence-electron chi connectivity index (χ0n) is 9.84. The van der Waals surface area contributed by atoms with Crippen molar-refractivity contribution >= 4 is 39.8 Å².